The number of benzene rings is 1. The Labute approximate surface area is 116 Å². The first-order valence-electron chi connectivity index (χ1n) is 6.45. The Morgan fingerprint density at radius 1 is 1.30 bits per heavy atom. The lowest BCUT2D eigenvalue weighted by atomic mass is 10.1. The third-order valence-electron chi connectivity index (χ3n) is 2.85. The van der Waals surface area contributed by atoms with Crippen LogP contribution in [0.4, 0.5) is 4.39 Å². The molecule has 0 saturated carbocycles. The van der Waals surface area contributed by atoms with Crippen LogP contribution in [0.2, 0.25) is 0 Å². The van der Waals surface area contributed by atoms with Gasteiger partial charge in [0.15, 0.2) is 0 Å². The van der Waals surface area contributed by atoms with E-state index < -0.39 is 0 Å². The Morgan fingerprint density at radius 2 is 2.05 bits per heavy atom. The van der Waals surface area contributed by atoms with Crippen molar-refractivity contribution < 1.29 is 9.18 Å². The van der Waals surface area contributed by atoms with Crippen LogP contribution in [0.3, 0.4) is 0 Å². The highest BCUT2D eigenvalue weighted by molar-refractivity contribution is 5.93. The normalized spacial score (nSPS) is 10.5. The standard InChI is InChI=1S/C14H17FN4O/c1-16-7-2-8-17-14(20)13-9-12(18-19-13)10-3-5-11(15)6-4-10/h3-6,9,16H,2,7-8H2,1H3,(H,17,20)(H,18,19). The molecule has 106 valence electrons. The third kappa shape index (κ3) is 3.64. The number of amides is 1. The molecule has 5 nitrogen and oxygen atoms in total. The SMILES string of the molecule is CNCCCNC(=O)c1cc(-c2ccc(F)cc2)n[nH]1. The number of halogens is 1. The lowest BCUT2D eigenvalue weighted by Gasteiger charge is -2.02. The van der Waals surface area contributed by atoms with E-state index >= 15 is 0 Å². The second-order valence-corrected chi connectivity index (χ2v) is 4.39. The lowest BCUT2D eigenvalue weighted by Crippen LogP contribution is -2.26. The van der Waals surface area contributed by atoms with Gasteiger partial charge in [0.05, 0.1) is 5.69 Å². The van der Waals surface area contributed by atoms with Gasteiger partial charge in [0.1, 0.15) is 11.5 Å². The maximum Gasteiger partial charge on any atom is 0.269 e. The summed E-state index contributed by atoms with van der Waals surface area (Å²) in [6.45, 7) is 1.45. The third-order valence-corrected chi connectivity index (χ3v) is 2.85. The number of aromatic nitrogens is 2. The monoisotopic (exact) mass is 276 g/mol. The van der Waals surface area contributed by atoms with Gasteiger partial charge in [-0.25, -0.2) is 4.39 Å². The van der Waals surface area contributed by atoms with Crippen molar-refractivity contribution in [1.29, 1.82) is 0 Å². The Balaban J connectivity index is 1.98. The van der Waals surface area contributed by atoms with Gasteiger partial charge >= 0.3 is 0 Å². The number of carbonyl (C=O) groups excluding carboxylic acids is 1. The quantitative estimate of drug-likeness (QED) is 0.701. The molecule has 1 aromatic carbocycles. The molecule has 1 heterocycles. The Hall–Kier alpha value is -2.21. The van der Waals surface area contributed by atoms with Crippen LogP contribution in [0.1, 0.15) is 16.9 Å². The van der Waals surface area contributed by atoms with E-state index in [1.165, 1.54) is 12.1 Å². The number of nitrogens with one attached hydrogen (secondary N) is 3. The predicted molar refractivity (Wildman–Crippen MR) is 74.9 cm³/mol. The summed E-state index contributed by atoms with van der Waals surface area (Å²) in [5, 5.41) is 12.6. The van der Waals surface area contributed by atoms with Crippen LogP contribution in [0.25, 0.3) is 11.3 Å². The molecule has 1 amide bonds. The second-order valence-electron chi connectivity index (χ2n) is 4.39. The molecule has 0 radical (unpaired) electrons. The first-order chi connectivity index (χ1) is 9.70. The van der Waals surface area contributed by atoms with E-state index in [4.69, 9.17) is 0 Å². The minimum Gasteiger partial charge on any atom is -0.351 e. The summed E-state index contributed by atoms with van der Waals surface area (Å²) < 4.78 is 12.8. The molecule has 0 unspecified atom stereocenters. The Bertz CT molecular complexity index is 565. The summed E-state index contributed by atoms with van der Waals surface area (Å²) in [4.78, 5) is 11.8. The number of hydrogen-bond donors (Lipinski definition) is 3. The van der Waals surface area contributed by atoms with Crippen LogP contribution in [0.15, 0.2) is 30.3 Å². The summed E-state index contributed by atoms with van der Waals surface area (Å²) in [6, 6.07) is 7.63. The van der Waals surface area contributed by atoms with Crippen molar-refractivity contribution in [2.24, 2.45) is 0 Å². The molecular weight excluding hydrogens is 259 g/mol. The fourth-order valence-corrected chi connectivity index (χ4v) is 1.77. The maximum atomic E-state index is 12.8. The minimum absolute atomic E-state index is 0.193. The van der Waals surface area contributed by atoms with E-state index in [0.717, 1.165) is 18.5 Å². The summed E-state index contributed by atoms with van der Waals surface area (Å²) in [5.74, 6) is -0.492. The van der Waals surface area contributed by atoms with Gasteiger partial charge in [0.2, 0.25) is 0 Å². The van der Waals surface area contributed by atoms with Gasteiger partial charge in [-0.2, -0.15) is 5.10 Å². The van der Waals surface area contributed by atoms with Crippen LogP contribution in [0, 0.1) is 5.82 Å². The van der Waals surface area contributed by atoms with Gasteiger partial charge in [-0.3, -0.25) is 9.89 Å². The van der Waals surface area contributed by atoms with Crippen molar-refractivity contribution in [2.75, 3.05) is 20.1 Å². The highest BCUT2D eigenvalue weighted by atomic mass is 19.1. The van der Waals surface area contributed by atoms with Crippen molar-refractivity contribution in [3.8, 4) is 11.3 Å². The van der Waals surface area contributed by atoms with Crippen LogP contribution in [0.5, 0.6) is 0 Å². The van der Waals surface area contributed by atoms with E-state index in [1.54, 1.807) is 18.2 Å². The molecule has 2 rings (SSSR count). The molecule has 0 fully saturated rings. The molecule has 0 aliphatic heterocycles. The summed E-state index contributed by atoms with van der Waals surface area (Å²) in [5.41, 5.74) is 1.77. The Morgan fingerprint density at radius 3 is 2.75 bits per heavy atom. The van der Waals surface area contributed by atoms with Crippen LogP contribution in [-0.4, -0.2) is 36.2 Å². The number of H-pyrrole nitrogens is 1. The van der Waals surface area contributed by atoms with E-state index in [0.29, 0.717) is 17.9 Å². The Kier molecular flexibility index (Phi) is 4.84. The zero-order chi connectivity index (χ0) is 14.4. The van der Waals surface area contributed by atoms with Gasteiger partial charge in [-0.15, -0.1) is 0 Å². The molecule has 0 saturated heterocycles. The molecule has 0 aliphatic rings. The molecule has 0 aliphatic carbocycles. The van der Waals surface area contributed by atoms with Crippen molar-refractivity contribution in [2.45, 2.75) is 6.42 Å². The van der Waals surface area contributed by atoms with Crippen LogP contribution >= 0.6 is 0 Å². The van der Waals surface area contributed by atoms with E-state index in [-0.39, 0.29) is 11.7 Å². The van der Waals surface area contributed by atoms with Crippen LogP contribution in [-0.2, 0) is 0 Å². The highest BCUT2D eigenvalue weighted by Crippen LogP contribution is 2.17. The molecule has 1 aromatic heterocycles. The smallest absolute Gasteiger partial charge is 0.269 e. The van der Waals surface area contributed by atoms with Crippen molar-refractivity contribution in [1.82, 2.24) is 20.8 Å². The summed E-state index contributed by atoms with van der Waals surface area (Å²) in [6.07, 6.45) is 0.862. The van der Waals surface area contributed by atoms with Gasteiger partial charge in [0.25, 0.3) is 5.91 Å². The van der Waals surface area contributed by atoms with Crippen molar-refractivity contribution >= 4 is 5.91 Å². The molecule has 3 N–H and O–H groups in total. The first kappa shape index (κ1) is 14.2. The summed E-state index contributed by atoms with van der Waals surface area (Å²) in [7, 11) is 1.87. The topological polar surface area (TPSA) is 69.8 Å². The van der Waals surface area contributed by atoms with Gasteiger partial charge in [-0.1, -0.05) is 0 Å². The maximum absolute atomic E-state index is 12.8. The molecular formula is C14H17FN4O. The first-order valence-corrected chi connectivity index (χ1v) is 6.45. The second kappa shape index (κ2) is 6.81. The number of nitrogens with zero attached hydrogens (tertiary/aromatic N) is 1. The van der Waals surface area contributed by atoms with Gasteiger partial charge < -0.3 is 10.6 Å². The number of hydrogen-bond acceptors (Lipinski definition) is 3. The molecule has 20 heavy (non-hydrogen) atoms. The van der Waals surface area contributed by atoms with Gasteiger partial charge in [0, 0.05) is 12.1 Å². The molecule has 0 bridgehead atoms. The predicted octanol–water partition coefficient (Wildman–Crippen LogP) is 1.56. The average Bonchev–Trinajstić information content (AvgIpc) is 2.94. The van der Waals surface area contributed by atoms with E-state index in [9.17, 15) is 9.18 Å². The highest BCUT2D eigenvalue weighted by Gasteiger charge is 2.10. The van der Waals surface area contributed by atoms with E-state index in [2.05, 4.69) is 20.8 Å². The average molecular weight is 276 g/mol. The summed E-state index contributed by atoms with van der Waals surface area (Å²) >= 11 is 0. The van der Waals surface area contributed by atoms with Crippen LogP contribution < -0.4 is 10.6 Å². The molecule has 0 spiro atoms. The lowest BCUT2D eigenvalue weighted by molar-refractivity contribution is 0.0948. The molecule has 0 atom stereocenters. The zero-order valence-electron chi connectivity index (χ0n) is 11.2. The minimum atomic E-state index is -0.299. The zero-order valence-corrected chi connectivity index (χ0v) is 11.2. The molecule has 2 aromatic rings. The molecule has 6 heteroatoms. The largest absolute Gasteiger partial charge is 0.351 e. The number of carbonyl (C=O) groups is 1. The number of aromatic amines is 1. The van der Waals surface area contributed by atoms with E-state index in [1.807, 2.05) is 7.05 Å². The fourth-order valence-electron chi connectivity index (χ4n) is 1.77. The number of rotatable bonds is 6. The van der Waals surface area contributed by atoms with Crippen molar-refractivity contribution in [3.05, 3.63) is 41.8 Å². The van der Waals surface area contributed by atoms with Gasteiger partial charge in [-0.05, 0) is 50.3 Å². The van der Waals surface area contributed by atoms with Crippen molar-refractivity contribution in [3.63, 3.8) is 0 Å². The fraction of sp³-hybridized carbons (Fsp3) is 0.286.